The minimum Gasteiger partial charge on any atom is -0.352 e. The Morgan fingerprint density at radius 1 is 1.30 bits per heavy atom. The maximum Gasteiger partial charge on any atom is 0.223 e. The number of nitrogens with zero attached hydrogens (tertiary/aromatic N) is 2. The van der Waals surface area contributed by atoms with Gasteiger partial charge in [0.05, 0.1) is 5.69 Å². The highest BCUT2D eigenvalue weighted by molar-refractivity contribution is 5.85. The summed E-state index contributed by atoms with van der Waals surface area (Å²) in [5.74, 6) is 0.583. The number of amides is 1. The first kappa shape index (κ1) is 17.5. The van der Waals surface area contributed by atoms with Gasteiger partial charge in [0.25, 0.3) is 0 Å². The molecule has 6 heteroatoms. The molecule has 1 fully saturated rings. The van der Waals surface area contributed by atoms with Crippen molar-refractivity contribution in [2.45, 2.75) is 25.8 Å². The van der Waals surface area contributed by atoms with Gasteiger partial charge in [0.2, 0.25) is 5.91 Å². The van der Waals surface area contributed by atoms with Gasteiger partial charge in [-0.25, -0.2) is 4.68 Å². The third-order valence-electron chi connectivity index (χ3n) is 4.47. The van der Waals surface area contributed by atoms with E-state index in [1.54, 1.807) is 6.20 Å². The molecule has 1 saturated carbocycles. The average Bonchev–Trinajstić information content (AvgIpc) is 3.24. The summed E-state index contributed by atoms with van der Waals surface area (Å²) in [6.07, 6.45) is 6.81. The zero-order chi connectivity index (χ0) is 15.4. The van der Waals surface area contributed by atoms with E-state index in [0.717, 1.165) is 30.5 Å². The molecule has 3 rings (SSSR count). The lowest BCUT2D eigenvalue weighted by Gasteiger charge is -2.17. The number of carbonyl (C=O) groups excluding carboxylic acids is 1. The second kappa shape index (κ2) is 8.13. The summed E-state index contributed by atoms with van der Waals surface area (Å²) in [4.78, 5) is 12.3. The summed E-state index contributed by atoms with van der Waals surface area (Å²) in [5.41, 5.74) is 7.85. The van der Waals surface area contributed by atoms with Gasteiger partial charge in [-0.05, 0) is 49.1 Å². The van der Waals surface area contributed by atoms with Gasteiger partial charge in [0, 0.05) is 24.9 Å². The van der Waals surface area contributed by atoms with Crippen molar-refractivity contribution in [3.63, 3.8) is 0 Å². The van der Waals surface area contributed by atoms with Crippen LogP contribution in [0.5, 0.6) is 0 Å². The molecule has 1 aliphatic rings. The quantitative estimate of drug-likeness (QED) is 0.881. The smallest absolute Gasteiger partial charge is 0.223 e. The number of benzene rings is 1. The van der Waals surface area contributed by atoms with Gasteiger partial charge < -0.3 is 11.1 Å². The molecule has 0 unspecified atom stereocenters. The van der Waals surface area contributed by atoms with E-state index in [4.69, 9.17) is 5.73 Å². The highest BCUT2D eigenvalue weighted by Crippen LogP contribution is 2.30. The molecule has 1 amide bonds. The van der Waals surface area contributed by atoms with Crippen molar-refractivity contribution in [2.75, 3.05) is 6.54 Å². The number of aromatic nitrogens is 2. The van der Waals surface area contributed by atoms with Crippen LogP contribution in [0.4, 0.5) is 0 Å². The minimum absolute atomic E-state index is 0. The van der Waals surface area contributed by atoms with E-state index in [2.05, 4.69) is 10.4 Å². The van der Waals surface area contributed by atoms with Gasteiger partial charge in [-0.3, -0.25) is 4.79 Å². The van der Waals surface area contributed by atoms with Crippen molar-refractivity contribution in [1.82, 2.24) is 15.1 Å². The highest BCUT2D eigenvalue weighted by Gasteiger charge is 2.31. The first-order valence-corrected chi connectivity index (χ1v) is 7.84. The number of hydrogen-bond donors (Lipinski definition) is 2. The molecule has 5 nitrogen and oxygen atoms in total. The summed E-state index contributed by atoms with van der Waals surface area (Å²) < 4.78 is 1.81. The van der Waals surface area contributed by atoms with Crippen LogP contribution < -0.4 is 11.1 Å². The maximum absolute atomic E-state index is 12.3. The molecule has 124 valence electrons. The second-order valence-electron chi connectivity index (χ2n) is 5.87. The Balaban J connectivity index is 0.00000192. The molecule has 1 aromatic heterocycles. The van der Waals surface area contributed by atoms with E-state index in [1.807, 2.05) is 41.2 Å². The van der Waals surface area contributed by atoms with Crippen LogP contribution in [0, 0.1) is 11.8 Å². The van der Waals surface area contributed by atoms with E-state index in [1.165, 1.54) is 0 Å². The Bertz CT molecular complexity index is 612. The third kappa shape index (κ3) is 4.12. The predicted octanol–water partition coefficient (Wildman–Crippen LogP) is 2.29. The molecule has 0 radical (unpaired) electrons. The topological polar surface area (TPSA) is 72.9 Å². The second-order valence-corrected chi connectivity index (χ2v) is 5.87. The highest BCUT2D eigenvalue weighted by atomic mass is 35.5. The van der Waals surface area contributed by atoms with Crippen LogP contribution in [0.1, 0.15) is 24.8 Å². The minimum atomic E-state index is 0. The predicted molar refractivity (Wildman–Crippen MR) is 92.5 cm³/mol. The van der Waals surface area contributed by atoms with Gasteiger partial charge in [-0.2, -0.15) is 5.10 Å². The van der Waals surface area contributed by atoms with Crippen molar-refractivity contribution < 1.29 is 4.79 Å². The molecule has 0 spiro atoms. The van der Waals surface area contributed by atoms with E-state index in [0.29, 0.717) is 19.0 Å². The number of rotatable bonds is 5. The Morgan fingerprint density at radius 2 is 2.09 bits per heavy atom. The van der Waals surface area contributed by atoms with Crippen LogP contribution in [0.15, 0.2) is 42.7 Å². The molecule has 2 atom stereocenters. The molecule has 1 aliphatic carbocycles. The Hall–Kier alpha value is -1.85. The lowest BCUT2D eigenvalue weighted by atomic mass is 9.95. The summed E-state index contributed by atoms with van der Waals surface area (Å²) in [7, 11) is 0. The summed E-state index contributed by atoms with van der Waals surface area (Å²) in [5, 5.41) is 7.24. The fourth-order valence-electron chi connectivity index (χ4n) is 3.17. The standard InChI is InChI=1S/C17H22N4O.ClH/c18-11-14-3-1-4-16(14)17(22)19-12-13-5-7-15(8-6-13)21-10-2-9-20-21;/h2,5-10,14,16H,1,3-4,11-12,18H2,(H,19,22);1H/t14-,16-;/m1./s1. The fourth-order valence-corrected chi connectivity index (χ4v) is 3.17. The van der Waals surface area contributed by atoms with Crippen LogP contribution in [-0.4, -0.2) is 22.2 Å². The van der Waals surface area contributed by atoms with Crippen LogP contribution in [0.25, 0.3) is 5.69 Å². The van der Waals surface area contributed by atoms with Crippen LogP contribution >= 0.6 is 12.4 Å². The molecule has 0 bridgehead atoms. The van der Waals surface area contributed by atoms with Crippen molar-refractivity contribution in [3.8, 4) is 5.69 Å². The van der Waals surface area contributed by atoms with Crippen molar-refractivity contribution in [1.29, 1.82) is 0 Å². The van der Waals surface area contributed by atoms with Crippen LogP contribution in [0.3, 0.4) is 0 Å². The zero-order valence-corrected chi connectivity index (χ0v) is 13.8. The average molecular weight is 335 g/mol. The Kier molecular flexibility index (Phi) is 6.19. The van der Waals surface area contributed by atoms with Crippen molar-refractivity contribution in [3.05, 3.63) is 48.3 Å². The van der Waals surface area contributed by atoms with Gasteiger partial charge in [0.15, 0.2) is 0 Å². The van der Waals surface area contributed by atoms with E-state index in [-0.39, 0.29) is 24.2 Å². The number of nitrogens with one attached hydrogen (secondary N) is 1. The fraction of sp³-hybridized carbons (Fsp3) is 0.412. The molecule has 0 aliphatic heterocycles. The number of carbonyl (C=O) groups is 1. The summed E-state index contributed by atoms with van der Waals surface area (Å²) in [6.45, 7) is 1.17. The molecular weight excluding hydrogens is 312 g/mol. The molecule has 0 saturated heterocycles. The monoisotopic (exact) mass is 334 g/mol. The van der Waals surface area contributed by atoms with E-state index < -0.39 is 0 Å². The molecule has 3 N–H and O–H groups in total. The molecular formula is C17H23ClN4O. The number of nitrogens with two attached hydrogens (primary N) is 1. The van der Waals surface area contributed by atoms with Gasteiger partial charge in [-0.1, -0.05) is 18.6 Å². The number of halogens is 1. The normalized spacial score (nSPS) is 20.0. The Labute approximate surface area is 142 Å². The lowest BCUT2D eigenvalue weighted by molar-refractivity contribution is -0.126. The van der Waals surface area contributed by atoms with E-state index in [9.17, 15) is 4.79 Å². The largest absolute Gasteiger partial charge is 0.352 e. The molecule has 1 heterocycles. The van der Waals surface area contributed by atoms with Crippen molar-refractivity contribution >= 4 is 18.3 Å². The summed E-state index contributed by atoms with van der Waals surface area (Å²) in [6, 6.07) is 9.95. The maximum atomic E-state index is 12.3. The van der Waals surface area contributed by atoms with Gasteiger partial charge in [0.1, 0.15) is 0 Å². The first-order chi connectivity index (χ1) is 10.8. The van der Waals surface area contributed by atoms with Gasteiger partial charge in [-0.15, -0.1) is 12.4 Å². The lowest BCUT2D eigenvalue weighted by Crippen LogP contribution is -2.34. The Morgan fingerprint density at radius 3 is 2.74 bits per heavy atom. The third-order valence-corrected chi connectivity index (χ3v) is 4.47. The van der Waals surface area contributed by atoms with Crippen molar-refractivity contribution in [2.24, 2.45) is 17.6 Å². The van der Waals surface area contributed by atoms with Crippen LogP contribution in [0.2, 0.25) is 0 Å². The van der Waals surface area contributed by atoms with Crippen LogP contribution in [-0.2, 0) is 11.3 Å². The molecule has 2 aromatic rings. The van der Waals surface area contributed by atoms with E-state index >= 15 is 0 Å². The SMILES string of the molecule is Cl.NC[C@H]1CCC[C@H]1C(=O)NCc1ccc(-n2cccn2)cc1. The molecule has 1 aromatic carbocycles. The number of hydrogen-bond acceptors (Lipinski definition) is 3. The molecule has 23 heavy (non-hydrogen) atoms. The first-order valence-electron chi connectivity index (χ1n) is 7.84. The summed E-state index contributed by atoms with van der Waals surface area (Å²) >= 11 is 0. The zero-order valence-electron chi connectivity index (χ0n) is 13.0. The van der Waals surface area contributed by atoms with Gasteiger partial charge >= 0.3 is 0 Å².